The van der Waals surface area contributed by atoms with Crippen molar-refractivity contribution in [3.05, 3.63) is 48.4 Å². The zero-order chi connectivity index (χ0) is 14.8. The van der Waals surface area contributed by atoms with E-state index >= 15 is 0 Å². The van der Waals surface area contributed by atoms with Crippen LogP contribution in [0.15, 0.2) is 47.4 Å². The quantitative estimate of drug-likeness (QED) is 0.798. The van der Waals surface area contributed by atoms with Crippen molar-refractivity contribution < 1.29 is 9.26 Å². The van der Waals surface area contributed by atoms with Crippen LogP contribution in [0.3, 0.4) is 0 Å². The third-order valence-corrected chi connectivity index (χ3v) is 4.04. The van der Waals surface area contributed by atoms with E-state index in [4.69, 9.17) is 9.26 Å². The molecule has 0 bridgehead atoms. The number of anilines is 1. The summed E-state index contributed by atoms with van der Waals surface area (Å²) in [6.07, 6.45) is 4.28. The lowest BCUT2D eigenvalue weighted by molar-refractivity contribution is 0.0933. The summed E-state index contributed by atoms with van der Waals surface area (Å²) in [6.45, 7) is 1.58. The zero-order valence-electron chi connectivity index (χ0n) is 12.0. The van der Waals surface area contributed by atoms with Gasteiger partial charge in [0.05, 0.1) is 12.3 Å². The summed E-state index contributed by atoms with van der Waals surface area (Å²) >= 11 is 0. The highest BCUT2D eigenvalue weighted by Gasteiger charge is 2.29. The molecule has 0 aliphatic carbocycles. The molecule has 1 aliphatic heterocycles. The first-order valence-electron chi connectivity index (χ1n) is 7.37. The topological polar surface area (TPSA) is 73.1 Å². The molecule has 0 spiro atoms. The first-order chi connectivity index (χ1) is 10.9. The Bertz CT molecular complexity index is 759. The van der Waals surface area contributed by atoms with E-state index in [1.54, 1.807) is 6.20 Å². The van der Waals surface area contributed by atoms with E-state index in [-0.39, 0.29) is 6.10 Å². The number of nitrogens with zero attached hydrogens (tertiary/aromatic N) is 3. The van der Waals surface area contributed by atoms with Crippen molar-refractivity contribution in [1.29, 1.82) is 0 Å². The Hall–Kier alpha value is -2.47. The second-order valence-corrected chi connectivity index (χ2v) is 5.40. The minimum absolute atomic E-state index is 0.133. The van der Waals surface area contributed by atoms with Crippen LogP contribution in [0.25, 0.3) is 11.1 Å². The average molecular weight is 296 g/mol. The molecule has 6 nitrogen and oxygen atoms in total. The fourth-order valence-electron chi connectivity index (χ4n) is 2.92. The molecule has 0 radical (unpaired) electrons. The Morgan fingerprint density at radius 1 is 1.18 bits per heavy atom. The van der Waals surface area contributed by atoms with Crippen LogP contribution in [-0.2, 0) is 4.74 Å². The molecule has 1 fully saturated rings. The van der Waals surface area contributed by atoms with E-state index in [1.165, 1.54) is 11.9 Å². The minimum atomic E-state index is 0.133. The lowest BCUT2D eigenvalue weighted by atomic mass is 9.95. The van der Waals surface area contributed by atoms with Crippen LogP contribution in [0.1, 0.15) is 18.1 Å². The molecule has 0 amide bonds. The predicted octanol–water partition coefficient (Wildman–Crippen LogP) is 2.81. The molecule has 1 aromatic carbocycles. The molecule has 4 rings (SSSR count). The van der Waals surface area contributed by atoms with E-state index in [0.29, 0.717) is 11.6 Å². The van der Waals surface area contributed by atoms with E-state index < -0.39 is 0 Å². The van der Waals surface area contributed by atoms with Crippen molar-refractivity contribution in [2.24, 2.45) is 5.92 Å². The number of fused-ring (bicyclic) bond motifs is 1. The molecule has 1 saturated heterocycles. The van der Waals surface area contributed by atoms with Gasteiger partial charge in [-0.3, -0.25) is 0 Å². The van der Waals surface area contributed by atoms with Gasteiger partial charge in [0.2, 0.25) is 0 Å². The smallest absolute Gasteiger partial charge is 0.262 e. The molecule has 0 unspecified atom stereocenters. The van der Waals surface area contributed by atoms with E-state index in [1.807, 2.05) is 18.2 Å². The predicted molar refractivity (Wildman–Crippen MR) is 81.3 cm³/mol. The number of hydrogen-bond donors (Lipinski definition) is 1. The molecular formula is C16H16N4O2. The highest BCUT2D eigenvalue weighted by atomic mass is 16.5. The summed E-state index contributed by atoms with van der Waals surface area (Å²) in [5.74, 6) is 1.16. The van der Waals surface area contributed by atoms with Crippen molar-refractivity contribution in [2.75, 3.05) is 18.5 Å². The molecule has 1 aliphatic rings. The minimum Gasteiger partial charge on any atom is -0.373 e. The van der Waals surface area contributed by atoms with Crippen LogP contribution in [0.5, 0.6) is 0 Å². The Labute approximate surface area is 127 Å². The van der Waals surface area contributed by atoms with Crippen LogP contribution < -0.4 is 5.32 Å². The van der Waals surface area contributed by atoms with Crippen LogP contribution >= 0.6 is 0 Å². The van der Waals surface area contributed by atoms with Crippen molar-refractivity contribution >= 4 is 16.9 Å². The van der Waals surface area contributed by atoms with Gasteiger partial charge >= 0.3 is 0 Å². The van der Waals surface area contributed by atoms with Crippen molar-refractivity contribution in [1.82, 2.24) is 15.1 Å². The van der Waals surface area contributed by atoms with Gasteiger partial charge in [-0.05, 0) is 12.0 Å². The van der Waals surface area contributed by atoms with Gasteiger partial charge in [0.15, 0.2) is 0 Å². The molecule has 1 N–H and O–H groups in total. The van der Waals surface area contributed by atoms with Gasteiger partial charge in [-0.15, -0.1) is 0 Å². The van der Waals surface area contributed by atoms with Gasteiger partial charge in [0, 0.05) is 19.1 Å². The van der Waals surface area contributed by atoms with Crippen molar-refractivity contribution in [2.45, 2.75) is 12.5 Å². The number of hydrogen-bond acceptors (Lipinski definition) is 6. The van der Waals surface area contributed by atoms with E-state index in [0.717, 1.165) is 30.8 Å². The lowest BCUT2D eigenvalue weighted by Gasteiger charge is -2.19. The van der Waals surface area contributed by atoms with Crippen molar-refractivity contribution in [3.8, 4) is 0 Å². The fourth-order valence-corrected chi connectivity index (χ4v) is 2.92. The summed E-state index contributed by atoms with van der Waals surface area (Å²) in [4.78, 5) is 8.31. The molecule has 112 valence electrons. The van der Waals surface area contributed by atoms with Gasteiger partial charge in [-0.25, -0.2) is 4.98 Å². The highest BCUT2D eigenvalue weighted by Crippen LogP contribution is 2.34. The summed E-state index contributed by atoms with van der Waals surface area (Å²) in [6, 6.07) is 10.4. The SMILES string of the molecule is c1ccc([C@H]2OCC[C@@H]2CNc2ncnc3oncc23)cc1. The van der Waals surface area contributed by atoms with Crippen LogP contribution in [0.2, 0.25) is 0 Å². The van der Waals surface area contributed by atoms with Gasteiger partial charge < -0.3 is 14.6 Å². The molecule has 22 heavy (non-hydrogen) atoms. The zero-order valence-corrected chi connectivity index (χ0v) is 12.0. The molecule has 2 atom stereocenters. The monoisotopic (exact) mass is 296 g/mol. The molecule has 3 aromatic rings. The van der Waals surface area contributed by atoms with Crippen LogP contribution in [-0.4, -0.2) is 28.3 Å². The lowest BCUT2D eigenvalue weighted by Crippen LogP contribution is -2.18. The number of benzene rings is 1. The molecular weight excluding hydrogens is 280 g/mol. The van der Waals surface area contributed by atoms with Gasteiger partial charge in [0.25, 0.3) is 5.71 Å². The van der Waals surface area contributed by atoms with E-state index in [9.17, 15) is 0 Å². The summed E-state index contributed by atoms with van der Waals surface area (Å²) in [5, 5.41) is 7.95. The largest absolute Gasteiger partial charge is 0.373 e. The number of aromatic nitrogens is 3. The Balaban J connectivity index is 1.50. The first kappa shape index (κ1) is 13.2. The summed E-state index contributed by atoms with van der Waals surface area (Å²) in [5.41, 5.74) is 1.73. The normalized spacial score (nSPS) is 21.3. The van der Waals surface area contributed by atoms with Crippen molar-refractivity contribution in [3.63, 3.8) is 0 Å². The third kappa shape index (κ3) is 2.42. The molecule has 3 heterocycles. The Morgan fingerprint density at radius 2 is 2.09 bits per heavy atom. The van der Waals surface area contributed by atoms with Gasteiger partial charge in [-0.1, -0.05) is 35.5 Å². The average Bonchev–Trinajstić information content (AvgIpc) is 3.23. The second kappa shape index (κ2) is 5.73. The Kier molecular flexibility index (Phi) is 3.44. The number of nitrogens with one attached hydrogen (secondary N) is 1. The maximum absolute atomic E-state index is 5.91. The summed E-state index contributed by atoms with van der Waals surface area (Å²) in [7, 11) is 0. The third-order valence-electron chi connectivity index (χ3n) is 4.04. The van der Waals surface area contributed by atoms with Crippen LogP contribution in [0, 0.1) is 5.92 Å². The summed E-state index contributed by atoms with van der Waals surface area (Å²) < 4.78 is 11.0. The van der Waals surface area contributed by atoms with E-state index in [2.05, 4.69) is 32.6 Å². The molecule has 0 saturated carbocycles. The standard InChI is InChI=1S/C16H16N4O2/c1-2-4-11(5-3-1)14-12(6-7-21-14)8-17-15-13-9-20-22-16(13)19-10-18-15/h1-5,9-10,12,14H,6-8H2,(H,17,18,19)/t12-,14-/m1/s1. The molecule has 2 aromatic heterocycles. The van der Waals surface area contributed by atoms with Gasteiger partial charge in [0.1, 0.15) is 17.5 Å². The maximum atomic E-state index is 5.91. The van der Waals surface area contributed by atoms with Gasteiger partial charge in [-0.2, -0.15) is 4.98 Å². The first-order valence-corrected chi connectivity index (χ1v) is 7.37. The number of rotatable bonds is 4. The Morgan fingerprint density at radius 3 is 3.00 bits per heavy atom. The van der Waals surface area contributed by atoms with Crippen LogP contribution in [0.4, 0.5) is 5.82 Å². The molecule has 6 heteroatoms. The maximum Gasteiger partial charge on any atom is 0.262 e. The number of ether oxygens (including phenoxy) is 1. The second-order valence-electron chi connectivity index (χ2n) is 5.40. The fraction of sp³-hybridized carbons (Fsp3) is 0.312. The highest BCUT2D eigenvalue weighted by molar-refractivity contribution is 5.84.